The van der Waals surface area contributed by atoms with Gasteiger partial charge in [-0.05, 0) is 45.6 Å². The molecule has 0 aromatic heterocycles. The van der Waals surface area contributed by atoms with E-state index in [0.29, 0.717) is 24.8 Å². The van der Waals surface area contributed by atoms with Crippen molar-refractivity contribution >= 4 is 16.1 Å². The van der Waals surface area contributed by atoms with Crippen LogP contribution in [0, 0.1) is 5.92 Å². The van der Waals surface area contributed by atoms with Gasteiger partial charge >= 0.3 is 21.6 Å². The second-order valence-electron chi connectivity index (χ2n) is 8.57. The molecule has 0 bridgehead atoms. The van der Waals surface area contributed by atoms with E-state index in [1.54, 1.807) is 51.1 Å². The predicted molar refractivity (Wildman–Crippen MR) is 103 cm³/mol. The van der Waals surface area contributed by atoms with Crippen LogP contribution in [0.4, 0.5) is 13.2 Å². The maximum Gasteiger partial charge on any atom is 0.534 e. The van der Waals surface area contributed by atoms with Crippen LogP contribution in [0.2, 0.25) is 0 Å². The molecule has 0 amide bonds. The molecule has 1 aromatic carbocycles. The van der Waals surface area contributed by atoms with Crippen molar-refractivity contribution in [3.8, 4) is 0 Å². The van der Waals surface area contributed by atoms with Crippen molar-refractivity contribution in [2.45, 2.75) is 62.7 Å². The lowest BCUT2D eigenvalue weighted by atomic mass is 9.66. The molecule has 1 aliphatic carbocycles. The molecule has 1 aromatic rings. The highest BCUT2D eigenvalue weighted by Gasteiger charge is 2.55. The lowest BCUT2D eigenvalue weighted by molar-refractivity contribution is -0.168. The minimum atomic E-state index is -5.87. The molecule has 3 atom stereocenters. The molecule has 31 heavy (non-hydrogen) atoms. The summed E-state index contributed by atoms with van der Waals surface area (Å²) in [6.07, 6.45) is 2.48. The van der Waals surface area contributed by atoms with E-state index in [9.17, 15) is 26.4 Å². The van der Waals surface area contributed by atoms with Crippen molar-refractivity contribution in [1.29, 1.82) is 0 Å². The van der Waals surface area contributed by atoms with Gasteiger partial charge < -0.3 is 8.92 Å². The molecule has 7 nitrogen and oxygen atoms in total. The van der Waals surface area contributed by atoms with E-state index >= 15 is 0 Å². The van der Waals surface area contributed by atoms with Crippen molar-refractivity contribution < 1.29 is 40.1 Å². The number of hydrogen-bond acceptors (Lipinski definition) is 7. The summed E-state index contributed by atoms with van der Waals surface area (Å²) in [7, 11) is -5.87. The van der Waals surface area contributed by atoms with Crippen LogP contribution < -0.4 is 5.48 Å². The number of halogens is 3. The third-order valence-electron chi connectivity index (χ3n) is 5.08. The average molecular weight is 463 g/mol. The first-order valence-corrected chi connectivity index (χ1v) is 11.1. The largest absolute Gasteiger partial charge is 0.534 e. The molecule has 1 saturated carbocycles. The summed E-state index contributed by atoms with van der Waals surface area (Å²) in [6.45, 7) is 5.22. The molecular formula is C20H24F3NO6S. The highest BCUT2D eigenvalue weighted by molar-refractivity contribution is 7.87. The van der Waals surface area contributed by atoms with Crippen LogP contribution in [-0.4, -0.2) is 31.1 Å². The van der Waals surface area contributed by atoms with Crippen LogP contribution in [0.1, 0.15) is 51.5 Å². The van der Waals surface area contributed by atoms with Crippen LogP contribution in [-0.2, 0) is 28.7 Å². The Morgan fingerprint density at radius 1 is 1.19 bits per heavy atom. The zero-order valence-corrected chi connectivity index (χ0v) is 18.0. The average Bonchev–Trinajstić information content (AvgIpc) is 3.01. The smallest absolute Gasteiger partial charge is 0.460 e. The van der Waals surface area contributed by atoms with Crippen molar-refractivity contribution in [3.63, 3.8) is 0 Å². The van der Waals surface area contributed by atoms with Gasteiger partial charge in [0.25, 0.3) is 0 Å². The highest BCUT2D eigenvalue weighted by Crippen LogP contribution is 2.50. The zero-order valence-electron chi connectivity index (χ0n) is 17.2. The van der Waals surface area contributed by atoms with Crippen LogP contribution in [0.15, 0.2) is 42.3 Å². The first kappa shape index (κ1) is 23.4. The number of hydrogen-bond donors (Lipinski definition) is 1. The topological polar surface area (TPSA) is 90.9 Å². The van der Waals surface area contributed by atoms with Gasteiger partial charge in [0, 0.05) is 12.0 Å². The van der Waals surface area contributed by atoms with E-state index in [4.69, 9.17) is 9.57 Å². The molecule has 0 saturated heterocycles. The van der Waals surface area contributed by atoms with Crippen LogP contribution in [0.3, 0.4) is 0 Å². The van der Waals surface area contributed by atoms with Gasteiger partial charge in [-0.1, -0.05) is 30.3 Å². The summed E-state index contributed by atoms with van der Waals surface area (Å²) in [5.41, 5.74) is -4.75. The SMILES string of the molecule is CC(C)(C)OC(=O)C1CCC[C@]2(C=C(OS(=O)(=O)C(F)(F)F)NO2)[C@@H]1c1ccccc1. The number of carbonyl (C=O) groups is 1. The van der Waals surface area contributed by atoms with E-state index in [0.717, 1.165) is 0 Å². The number of benzene rings is 1. The third-order valence-corrected chi connectivity index (χ3v) is 6.05. The Kier molecular flexibility index (Phi) is 6.05. The van der Waals surface area contributed by atoms with Gasteiger partial charge in [-0.2, -0.15) is 21.6 Å². The maximum absolute atomic E-state index is 13.0. The fourth-order valence-electron chi connectivity index (χ4n) is 3.98. The van der Waals surface area contributed by atoms with Crippen molar-refractivity contribution in [2.24, 2.45) is 5.92 Å². The quantitative estimate of drug-likeness (QED) is 0.412. The summed E-state index contributed by atoms with van der Waals surface area (Å²) in [4.78, 5) is 18.6. The molecule has 1 spiro atoms. The lowest BCUT2D eigenvalue weighted by Gasteiger charge is -2.43. The predicted octanol–water partition coefficient (Wildman–Crippen LogP) is 3.89. The van der Waals surface area contributed by atoms with Crippen LogP contribution >= 0.6 is 0 Å². The van der Waals surface area contributed by atoms with E-state index < -0.39 is 50.5 Å². The molecule has 11 heteroatoms. The number of rotatable bonds is 4. The van der Waals surface area contributed by atoms with Crippen molar-refractivity contribution in [3.05, 3.63) is 47.9 Å². The minimum Gasteiger partial charge on any atom is -0.460 e. The monoisotopic (exact) mass is 463 g/mol. The normalized spacial score (nSPS) is 26.8. The van der Waals surface area contributed by atoms with Gasteiger partial charge in [0.1, 0.15) is 11.2 Å². The van der Waals surface area contributed by atoms with Gasteiger partial charge in [-0.3, -0.25) is 9.63 Å². The van der Waals surface area contributed by atoms with Gasteiger partial charge in [0.2, 0.25) is 5.88 Å². The number of hydroxylamine groups is 1. The molecule has 1 N–H and O–H groups in total. The van der Waals surface area contributed by atoms with Gasteiger partial charge in [-0.15, -0.1) is 0 Å². The number of alkyl halides is 3. The number of nitrogens with one attached hydrogen (secondary N) is 1. The fraction of sp³-hybridized carbons (Fsp3) is 0.550. The zero-order chi connectivity index (χ0) is 23.1. The molecule has 0 radical (unpaired) electrons. The first-order chi connectivity index (χ1) is 14.2. The van der Waals surface area contributed by atoms with Gasteiger partial charge in [0.05, 0.1) is 5.92 Å². The third kappa shape index (κ3) is 4.98. The fourth-order valence-corrected chi connectivity index (χ4v) is 4.39. The summed E-state index contributed by atoms with van der Waals surface area (Å²) in [5, 5.41) is 0. The Morgan fingerprint density at radius 3 is 2.42 bits per heavy atom. The molecule has 1 unspecified atom stereocenters. The standard InChI is InChI=1S/C20H24F3NO6S/c1-18(2,3)28-17(25)14-10-7-11-19(16(14)13-8-5-4-6-9-13)12-15(24-30-19)29-31(26,27)20(21,22)23/h4-6,8-9,12,14,16,24H,7,10-11H2,1-3H3/t14?,16-,19+/m1/s1. The summed E-state index contributed by atoms with van der Waals surface area (Å²) in [5.74, 6) is -2.45. The van der Waals surface area contributed by atoms with E-state index in [-0.39, 0.29) is 0 Å². The Balaban J connectivity index is 2.00. The van der Waals surface area contributed by atoms with Crippen molar-refractivity contribution in [1.82, 2.24) is 5.48 Å². The highest BCUT2D eigenvalue weighted by atomic mass is 32.2. The minimum absolute atomic E-state index is 0.331. The summed E-state index contributed by atoms with van der Waals surface area (Å²) < 4.78 is 70.7. The Labute approximate surface area is 178 Å². The molecule has 1 heterocycles. The van der Waals surface area contributed by atoms with E-state index in [1.165, 1.54) is 6.08 Å². The Bertz CT molecular complexity index is 955. The van der Waals surface area contributed by atoms with Gasteiger partial charge in [-0.25, -0.2) is 5.48 Å². The van der Waals surface area contributed by atoms with Crippen molar-refractivity contribution in [2.75, 3.05) is 0 Å². The summed E-state index contributed by atoms with van der Waals surface area (Å²) >= 11 is 0. The van der Waals surface area contributed by atoms with Crippen LogP contribution in [0.25, 0.3) is 0 Å². The molecule has 3 rings (SSSR count). The van der Waals surface area contributed by atoms with Crippen LogP contribution in [0.5, 0.6) is 0 Å². The molecule has 2 aliphatic rings. The lowest BCUT2D eigenvalue weighted by Crippen LogP contribution is -2.47. The second-order valence-corrected chi connectivity index (χ2v) is 10.1. The molecule has 172 valence electrons. The number of esters is 1. The molecule has 1 fully saturated rings. The second kappa shape index (κ2) is 8.01. The Hall–Kier alpha value is -2.27. The summed E-state index contributed by atoms with van der Waals surface area (Å²) in [6, 6.07) is 8.87. The number of ether oxygens (including phenoxy) is 1. The first-order valence-electron chi connectivity index (χ1n) is 9.70. The van der Waals surface area contributed by atoms with Gasteiger partial charge in [0.15, 0.2) is 0 Å². The molecular weight excluding hydrogens is 439 g/mol. The molecule has 1 aliphatic heterocycles. The Morgan fingerprint density at radius 2 is 1.84 bits per heavy atom. The van der Waals surface area contributed by atoms with E-state index in [2.05, 4.69) is 9.66 Å². The van der Waals surface area contributed by atoms with E-state index in [1.807, 2.05) is 0 Å². The number of carbonyl (C=O) groups excluding carboxylic acids is 1. The maximum atomic E-state index is 13.0.